The average Bonchev–Trinajstić information content (AvgIpc) is 2.25. The van der Waals surface area contributed by atoms with E-state index in [0.29, 0.717) is 5.56 Å². The van der Waals surface area contributed by atoms with Gasteiger partial charge in [-0.15, -0.1) is 0 Å². The topological polar surface area (TPSA) is 29.5 Å². The molecule has 0 fully saturated rings. The van der Waals surface area contributed by atoms with E-state index in [1.54, 1.807) is 19.2 Å². The first-order chi connectivity index (χ1) is 7.97. The van der Waals surface area contributed by atoms with E-state index in [1.807, 2.05) is 13.8 Å². The number of ether oxygens (including phenoxy) is 1. The Morgan fingerprint density at radius 2 is 2.06 bits per heavy atom. The number of aliphatic hydroxyl groups is 1. The van der Waals surface area contributed by atoms with Gasteiger partial charge >= 0.3 is 0 Å². The van der Waals surface area contributed by atoms with Crippen molar-refractivity contribution in [1.29, 1.82) is 0 Å². The fourth-order valence-corrected chi connectivity index (χ4v) is 2.12. The van der Waals surface area contributed by atoms with Gasteiger partial charge in [-0.2, -0.15) is 0 Å². The molecule has 0 saturated carbocycles. The van der Waals surface area contributed by atoms with Crippen LogP contribution in [-0.2, 0) is 11.2 Å². The maximum Gasteiger partial charge on any atom is 0.145 e. The van der Waals surface area contributed by atoms with E-state index in [9.17, 15) is 9.50 Å². The summed E-state index contributed by atoms with van der Waals surface area (Å²) in [5.74, 6) is -0.302. The summed E-state index contributed by atoms with van der Waals surface area (Å²) in [6, 6.07) is 4.78. The van der Waals surface area contributed by atoms with Gasteiger partial charge in [-0.25, -0.2) is 4.39 Å². The Bertz CT molecular complexity index is 368. The standard InChI is InChI=1S/C13H18ClFO2/c1-8(2)13(17-3)11(16)7-9-5-4-6-10(14)12(9)15/h4-6,8,11,13,16H,7H2,1-3H3. The van der Waals surface area contributed by atoms with E-state index >= 15 is 0 Å². The van der Waals surface area contributed by atoms with Gasteiger partial charge in [0, 0.05) is 13.5 Å². The second-order valence-corrected chi connectivity index (χ2v) is 4.84. The first-order valence-electron chi connectivity index (χ1n) is 5.61. The lowest BCUT2D eigenvalue weighted by atomic mass is 9.96. The Hall–Kier alpha value is -0.640. The lowest BCUT2D eigenvalue weighted by Crippen LogP contribution is -2.34. The van der Waals surface area contributed by atoms with Crippen molar-refractivity contribution >= 4 is 11.6 Å². The Morgan fingerprint density at radius 3 is 2.59 bits per heavy atom. The van der Waals surface area contributed by atoms with Crippen LogP contribution >= 0.6 is 11.6 Å². The molecule has 0 amide bonds. The normalized spacial score (nSPS) is 15.0. The predicted octanol–water partition coefficient (Wildman–Crippen LogP) is 3.05. The first kappa shape index (κ1) is 14.4. The van der Waals surface area contributed by atoms with Gasteiger partial charge in [0.15, 0.2) is 0 Å². The summed E-state index contributed by atoms with van der Waals surface area (Å²) in [7, 11) is 1.54. The molecule has 0 aromatic heterocycles. The molecule has 0 heterocycles. The molecule has 0 radical (unpaired) electrons. The van der Waals surface area contributed by atoms with E-state index in [0.717, 1.165) is 0 Å². The zero-order valence-electron chi connectivity index (χ0n) is 10.3. The molecule has 1 aromatic carbocycles. The number of halogens is 2. The molecule has 0 aliphatic carbocycles. The highest BCUT2D eigenvalue weighted by Gasteiger charge is 2.23. The van der Waals surface area contributed by atoms with Crippen LogP contribution in [0, 0.1) is 11.7 Å². The summed E-state index contributed by atoms with van der Waals surface area (Å²) in [5, 5.41) is 10.1. The third-order valence-corrected chi connectivity index (χ3v) is 3.06. The second-order valence-electron chi connectivity index (χ2n) is 4.43. The largest absolute Gasteiger partial charge is 0.390 e. The van der Waals surface area contributed by atoms with Crippen molar-refractivity contribution in [3.8, 4) is 0 Å². The van der Waals surface area contributed by atoms with Crippen LogP contribution < -0.4 is 0 Å². The third-order valence-electron chi connectivity index (χ3n) is 2.77. The number of aliphatic hydroxyl groups excluding tert-OH is 1. The smallest absolute Gasteiger partial charge is 0.145 e. The number of rotatable bonds is 5. The van der Waals surface area contributed by atoms with Gasteiger partial charge < -0.3 is 9.84 Å². The van der Waals surface area contributed by atoms with Gasteiger partial charge in [-0.1, -0.05) is 37.6 Å². The van der Waals surface area contributed by atoms with E-state index in [4.69, 9.17) is 16.3 Å². The molecule has 1 N–H and O–H groups in total. The maximum atomic E-state index is 13.6. The van der Waals surface area contributed by atoms with Gasteiger partial charge in [-0.05, 0) is 17.5 Å². The zero-order valence-corrected chi connectivity index (χ0v) is 11.0. The SMILES string of the molecule is COC(C(C)C)C(O)Cc1cccc(Cl)c1F. The van der Waals surface area contributed by atoms with Crippen molar-refractivity contribution in [1.82, 2.24) is 0 Å². The third kappa shape index (κ3) is 3.66. The molecule has 96 valence electrons. The van der Waals surface area contributed by atoms with E-state index in [2.05, 4.69) is 0 Å². The molecular formula is C13H18ClFO2. The maximum absolute atomic E-state index is 13.6. The Morgan fingerprint density at radius 1 is 1.41 bits per heavy atom. The molecule has 2 nitrogen and oxygen atoms in total. The van der Waals surface area contributed by atoms with E-state index in [-0.39, 0.29) is 23.5 Å². The first-order valence-corrected chi connectivity index (χ1v) is 5.99. The van der Waals surface area contributed by atoms with Crippen molar-refractivity contribution in [2.45, 2.75) is 32.5 Å². The van der Waals surface area contributed by atoms with Crippen molar-refractivity contribution in [2.75, 3.05) is 7.11 Å². The fraction of sp³-hybridized carbons (Fsp3) is 0.538. The summed E-state index contributed by atoms with van der Waals surface area (Å²) in [6.07, 6.45) is -0.857. The quantitative estimate of drug-likeness (QED) is 0.882. The number of hydrogen-bond acceptors (Lipinski definition) is 2. The fourth-order valence-electron chi connectivity index (χ4n) is 1.92. The average molecular weight is 261 g/mol. The molecule has 1 aromatic rings. The Balaban J connectivity index is 2.80. The summed E-state index contributed by atoms with van der Waals surface area (Å²) in [5.41, 5.74) is 0.410. The minimum atomic E-state index is -0.743. The molecule has 0 aliphatic rings. The Kier molecular flexibility index (Phi) is 5.37. The molecule has 0 aliphatic heterocycles. The van der Waals surface area contributed by atoms with Crippen LogP contribution in [-0.4, -0.2) is 24.4 Å². The molecule has 17 heavy (non-hydrogen) atoms. The van der Waals surface area contributed by atoms with Crippen LogP contribution in [0.15, 0.2) is 18.2 Å². The van der Waals surface area contributed by atoms with Crippen LogP contribution in [0.2, 0.25) is 5.02 Å². The molecule has 0 saturated heterocycles. The molecule has 2 atom stereocenters. The molecule has 1 rings (SSSR count). The minimum absolute atomic E-state index is 0.0770. The van der Waals surface area contributed by atoms with E-state index < -0.39 is 11.9 Å². The van der Waals surface area contributed by atoms with Crippen LogP contribution in [0.25, 0.3) is 0 Å². The van der Waals surface area contributed by atoms with Crippen molar-refractivity contribution in [2.24, 2.45) is 5.92 Å². The van der Waals surface area contributed by atoms with Crippen molar-refractivity contribution in [3.05, 3.63) is 34.6 Å². The van der Waals surface area contributed by atoms with Crippen LogP contribution in [0.3, 0.4) is 0 Å². The van der Waals surface area contributed by atoms with Crippen LogP contribution in [0.1, 0.15) is 19.4 Å². The number of methoxy groups -OCH3 is 1. The lowest BCUT2D eigenvalue weighted by molar-refractivity contribution is -0.0370. The highest BCUT2D eigenvalue weighted by Crippen LogP contribution is 2.21. The van der Waals surface area contributed by atoms with Gasteiger partial charge in [0.25, 0.3) is 0 Å². The molecule has 0 spiro atoms. The number of hydrogen-bond donors (Lipinski definition) is 1. The highest BCUT2D eigenvalue weighted by molar-refractivity contribution is 6.30. The summed E-state index contributed by atoms with van der Waals surface area (Å²) in [6.45, 7) is 3.90. The monoisotopic (exact) mass is 260 g/mol. The number of benzene rings is 1. The van der Waals surface area contributed by atoms with Crippen molar-refractivity contribution in [3.63, 3.8) is 0 Å². The molecular weight excluding hydrogens is 243 g/mol. The van der Waals surface area contributed by atoms with Gasteiger partial charge in [0.1, 0.15) is 5.82 Å². The molecule has 4 heteroatoms. The van der Waals surface area contributed by atoms with Gasteiger partial charge in [-0.3, -0.25) is 0 Å². The second kappa shape index (κ2) is 6.34. The summed E-state index contributed by atoms with van der Waals surface area (Å²) < 4.78 is 18.9. The zero-order chi connectivity index (χ0) is 13.0. The van der Waals surface area contributed by atoms with Crippen LogP contribution in [0.5, 0.6) is 0 Å². The molecule has 0 bridgehead atoms. The lowest BCUT2D eigenvalue weighted by Gasteiger charge is -2.25. The minimum Gasteiger partial charge on any atom is -0.390 e. The summed E-state index contributed by atoms with van der Waals surface area (Å²) in [4.78, 5) is 0. The Labute approximate surface area is 106 Å². The van der Waals surface area contributed by atoms with E-state index in [1.165, 1.54) is 6.07 Å². The predicted molar refractivity (Wildman–Crippen MR) is 66.8 cm³/mol. The van der Waals surface area contributed by atoms with Crippen molar-refractivity contribution < 1.29 is 14.2 Å². The summed E-state index contributed by atoms with van der Waals surface area (Å²) >= 11 is 5.69. The van der Waals surface area contributed by atoms with Gasteiger partial charge in [0.05, 0.1) is 17.2 Å². The van der Waals surface area contributed by atoms with Crippen LogP contribution in [0.4, 0.5) is 4.39 Å². The van der Waals surface area contributed by atoms with Gasteiger partial charge in [0.2, 0.25) is 0 Å². The molecule has 2 unspecified atom stereocenters. The highest BCUT2D eigenvalue weighted by atomic mass is 35.5.